The number of hydrogen-bond donors (Lipinski definition) is 2. The van der Waals surface area contributed by atoms with E-state index < -0.39 is 5.91 Å². The molecule has 2 rings (SSSR count). The molecule has 0 spiro atoms. The molecular weight excluding hydrogens is 218 g/mol. The molecule has 1 heterocycles. The maximum absolute atomic E-state index is 11.1. The Kier molecular flexibility index (Phi) is 2.51. The minimum absolute atomic E-state index is 0.193. The molecule has 1 aromatic heterocycles. The average molecular weight is 227 g/mol. The van der Waals surface area contributed by atoms with Crippen LogP contribution in [0.15, 0.2) is 30.6 Å². The van der Waals surface area contributed by atoms with Crippen molar-refractivity contribution in [2.45, 2.75) is 0 Å². The van der Waals surface area contributed by atoms with E-state index in [9.17, 15) is 4.79 Å². The number of nitrogen functional groups attached to an aromatic ring is 1. The van der Waals surface area contributed by atoms with Crippen molar-refractivity contribution in [1.82, 2.24) is 9.55 Å². The van der Waals surface area contributed by atoms with Crippen molar-refractivity contribution in [2.75, 3.05) is 5.73 Å². The fraction of sp³-hybridized carbons (Fsp3) is 0. The van der Waals surface area contributed by atoms with Crippen molar-refractivity contribution >= 4 is 11.6 Å². The van der Waals surface area contributed by atoms with Gasteiger partial charge < -0.3 is 11.5 Å². The second-order valence-corrected chi connectivity index (χ2v) is 3.37. The molecule has 0 aliphatic carbocycles. The van der Waals surface area contributed by atoms with Crippen LogP contribution in [0.5, 0.6) is 0 Å². The maximum atomic E-state index is 11.1. The molecule has 0 bridgehead atoms. The number of benzene rings is 1. The number of nitrogens with zero attached hydrogens (tertiary/aromatic N) is 3. The average Bonchev–Trinajstić information content (AvgIpc) is 2.77. The van der Waals surface area contributed by atoms with Crippen LogP contribution in [0.2, 0.25) is 0 Å². The Morgan fingerprint density at radius 3 is 2.88 bits per heavy atom. The van der Waals surface area contributed by atoms with E-state index in [1.807, 2.05) is 6.07 Å². The molecular formula is C11H9N5O. The highest BCUT2D eigenvalue weighted by Gasteiger charge is 2.10. The van der Waals surface area contributed by atoms with Gasteiger partial charge in [-0.2, -0.15) is 5.26 Å². The van der Waals surface area contributed by atoms with E-state index >= 15 is 0 Å². The van der Waals surface area contributed by atoms with Gasteiger partial charge in [-0.25, -0.2) is 4.98 Å². The topological polar surface area (TPSA) is 111 Å². The minimum Gasteiger partial charge on any atom is -0.397 e. The number of primary amides is 1. The molecule has 0 saturated heterocycles. The minimum atomic E-state index is -0.551. The third kappa shape index (κ3) is 1.81. The first-order chi connectivity index (χ1) is 8.13. The predicted molar refractivity (Wildman–Crippen MR) is 61.2 cm³/mol. The van der Waals surface area contributed by atoms with Crippen LogP contribution in [0.25, 0.3) is 5.69 Å². The van der Waals surface area contributed by atoms with E-state index in [1.54, 1.807) is 12.3 Å². The first-order valence-corrected chi connectivity index (χ1v) is 4.76. The highest BCUT2D eigenvalue weighted by molar-refractivity contribution is 5.94. The van der Waals surface area contributed by atoms with Gasteiger partial charge in [-0.05, 0) is 18.2 Å². The zero-order chi connectivity index (χ0) is 12.4. The van der Waals surface area contributed by atoms with Crippen LogP contribution in [0.3, 0.4) is 0 Å². The molecule has 0 saturated carbocycles. The summed E-state index contributed by atoms with van der Waals surface area (Å²) in [5.74, 6) is -0.358. The Labute approximate surface area is 97.1 Å². The van der Waals surface area contributed by atoms with Gasteiger partial charge in [0.05, 0.1) is 11.4 Å². The summed E-state index contributed by atoms with van der Waals surface area (Å²) in [5, 5.41) is 8.87. The van der Waals surface area contributed by atoms with E-state index in [1.165, 1.54) is 22.9 Å². The van der Waals surface area contributed by atoms with Crippen LogP contribution in [0.4, 0.5) is 5.69 Å². The van der Waals surface area contributed by atoms with Gasteiger partial charge in [0.2, 0.25) is 11.7 Å². The van der Waals surface area contributed by atoms with Crippen molar-refractivity contribution in [1.29, 1.82) is 5.26 Å². The zero-order valence-electron chi connectivity index (χ0n) is 8.79. The summed E-state index contributed by atoms with van der Waals surface area (Å²) in [6.07, 6.45) is 3.07. The number of carbonyl (C=O) groups excluding carboxylic acids is 1. The van der Waals surface area contributed by atoms with Crippen molar-refractivity contribution < 1.29 is 4.79 Å². The molecule has 0 radical (unpaired) electrons. The predicted octanol–water partition coefficient (Wildman–Crippen LogP) is 0.425. The normalized spacial score (nSPS) is 9.82. The van der Waals surface area contributed by atoms with Crippen LogP contribution in [-0.2, 0) is 0 Å². The second-order valence-electron chi connectivity index (χ2n) is 3.37. The molecule has 0 aliphatic heterocycles. The molecule has 0 aliphatic rings. The smallest absolute Gasteiger partial charge is 0.248 e. The number of nitriles is 1. The Balaban J connectivity index is 2.63. The Morgan fingerprint density at radius 2 is 2.24 bits per heavy atom. The molecule has 0 fully saturated rings. The molecule has 4 N–H and O–H groups in total. The van der Waals surface area contributed by atoms with Gasteiger partial charge in [0.1, 0.15) is 6.07 Å². The maximum Gasteiger partial charge on any atom is 0.248 e. The van der Waals surface area contributed by atoms with Crippen molar-refractivity contribution in [2.24, 2.45) is 5.73 Å². The number of amides is 1. The zero-order valence-corrected chi connectivity index (χ0v) is 8.79. The number of imidazole rings is 1. The lowest BCUT2D eigenvalue weighted by Crippen LogP contribution is -2.12. The lowest BCUT2D eigenvalue weighted by atomic mass is 10.1. The molecule has 0 unspecified atom stereocenters. The second kappa shape index (κ2) is 3.98. The fourth-order valence-corrected chi connectivity index (χ4v) is 1.49. The Morgan fingerprint density at radius 1 is 1.47 bits per heavy atom. The molecule has 6 heteroatoms. The fourth-order valence-electron chi connectivity index (χ4n) is 1.49. The van der Waals surface area contributed by atoms with Gasteiger partial charge in [0, 0.05) is 18.0 Å². The third-order valence-corrected chi connectivity index (χ3v) is 2.32. The van der Waals surface area contributed by atoms with E-state index in [4.69, 9.17) is 16.7 Å². The first-order valence-electron chi connectivity index (χ1n) is 4.76. The number of rotatable bonds is 2. The number of aromatic nitrogens is 2. The lowest BCUT2D eigenvalue weighted by Gasteiger charge is -2.08. The first kappa shape index (κ1) is 10.7. The molecule has 0 atom stereocenters. The van der Waals surface area contributed by atoms with Crippen LogP contribution >= 0.6 is 0 Å². The molecule has 2 aromatic rings. The van der Waals surface area contributed by atoms with E-state index in [0.717, 1.165) is 0 Å². The van der Waals surface area contributed by atoms with Crippen LogP contribution in [0.1, 0.15) is 16.2 Å². The van der Waals surface area contributed by atoms with Crippen LogP contribution < -0.4 is 11.5 Å². The molecule has 17 heavy (non-hydrogen) atoms. The summed E-state index contributed by atoms with van der Waals surface area (Å²) in [6.45, 7) is 0. The van der Waals surface area contributed by atoms with Gasteiger partial charge in [-0.3, -0.25) is 9.36 Å². The molecule has 6 nitrogen and oxygen atoms in total. The summed E-state index contributed by atoms with van der Waals surface area (Å²) < 4.78 is 1.50. The van der Waals surface area contributed by atoms with Gasteiger partial charge in [0.25, 0.3) is 0 Å². The van der Waals surface area contributed by atoms with Gasteiger partial charge in [0.15, 0.2) is 0 Å². The van der Waals surface area contributed by atoms with E-state index in [0.29, 0.717) is 16.9 Å². The Bertz CT molecular complexity index is 623. The summed E-state index contributed by atoms with van der Waals surface area (Å²) >= 11 is 0. The monoisotopic (exact) mass is 227 g/mol. The third-order valence-electron chi connectivity index (χ3n) is 2.32. The quantitative estimate of drug-likeness (QED) is 0.724. The molecule has 84 valence electrons. The van der Waals surface area contributed by atoms with Crippen molar-refractivity contribution in [3.8, 4) is 11.8 Å². The SMILES string of the molecule is N#Cc1nccn1-c1cc(C(N)=O)ccc1N. The highest BCUT2D eigenvalue weighted by Crippen LogP contribution is 2.20. The lowest BCUT2D eigenvalue weighted by molar-refractivity contribution is 0.100. The van der Waals surface area contributed by atoms with Crippen LogP contribution in [-0.4, -0.2) is 15.5 Å². The van der Waals surface area contributed by atoms with Gasteiger partial charge in [-0.1, -0.05) is 0 Å². The van der Waals surface area contributed by atoms with Gasteiger partial charge >= 0.3 is 0 Å². The summed E-state index contributed by atoms with van der Waals surface area (Å²) in [5.41, 5.74) is 12.3. The largest absolute Gasteiger partial charge is 0.397 e. The summed E-state index contributed by atoms with van der Waals surface area (Å²) in [4.78, 5) is 14.9. The summed E-state index contributed by atoms with van der Waals surface area (Å²) in [6, 6.07) is 6.56. The van der Waals surface area contributed by atoms with E-state index in [-0.39, 0.29) is 5.82 Å². The standard InChI is InChI=1S/C11H9N5O/c12-6-10-15-3-4-16(10)9-5-7(11(14)17)1-2-8(9)13/h1-5H,13H2,(H2,14,17). The van der Waals surface area contributed by atoms with Gasteiger partial charge in [-0.15, -0.1) is 0 Å². The number of anilines is 1. The van der Waals surface area contributed by atoms with Crippen molar-refractivity contribution in [3.63, 3.8) is 0 Å². The highest BCUT2D eigenvalue weighted by atomic mass is 16.1. The molecule has 1 aromatic carbocycles. The molecule has 1 amide bonds. The van der Waals surface area contributed by atoms with Crippen molar-refractivity contribution in [3.05, 3.63) is 42.0 Å². The number of nitrogens with two attached hydrogens (primary N) is 2. The van der Waals surface area contributed by atoms with E-state index in [2.05, 4.69) is 4.98 Å². The van der Waals surface area contributed by atoms with Crippen LogP contribution in [0, 0.1) is 11.3 Å². The summed E-state index contributed by atoms with van der Waals surface area (Å²) in [7, 11) is 0. The Hall–Kier alpha value is -2.81. The number of carbonyl (C=O) groups is 1. The number of hydrogen-bond acceptors (Lipinski definition) is 4.